The molecule has 0 radical (unpaired) electrons. The van der Waals surface area contributed by atoms with E-state index in [2.05, 4.69) is 4.90 Å². The summed E-state index contributed by atoms with van der Waals surface area (Å²) in [4.78, 5) is 17.0. The highest BCUT2D eigenvalue weighted by Gasteiger charge is 2.35. The Kier molecular flexibility index (Phi) is 5.14. The smallest absolute Gasteiger partial charge is 0.227 e. The predicted molar refractivity (Wildman–Crippen MR) is 80.0 cm³/mol. The predicted octanol–water partition coefficient (Wildman–Crippen LogP) is 0.861. The minimum atomic E-state index is -0.198. The fourth-order valence-corrected chi connectivity index (χ4v) is 4.07. The molecular weight excluding hydrogens is 268 g/mol. The van der Waals surface area contributed by atoms with Crippen LogP contribution in [0.4, 0.5) is 0 Å². The maximum atomic E-state index is 12.6. The van der Waals surface area contributed by atoms with E-state index in [4.69, 9.17) is 4.74 Å². The number of rotatable bonds is 2. The van der Waals surface area contributed by atoms with Crippen molar-refractivity contribution in [3.8, 4) is 0 Å². The van der Waals surface area contributed by atoms with E-state index in [0.29, 0.717) is 19.1 Å². The standard InChI is InChI=1S/C16H28N2O3/c19-15-6-2-1-5-14(15)18-7-3-4-13(12-18)16(20)17-8-10-21-11-9-17/h13-15,19H,1-12H2. The summed E-state index contributed by atoms with van der Waals surface area (Å²) in [6, 6.07) is 0.277. The van der Waals surface area contributed by atoms with Crippen molar-refractivity contribution in [2.24, 2.45) is 5.92 Å². The van der Waals surface area contributed by atoms with Gasteiger partial charge in [-0.3, -0.25) is 9.69 Å². The molecular formula is C16H28N2O3. The molecule has 0 aromatic carbocycles. The summed E-state index contributed by atoms with van der Waals surface area (Å²) in [5.74, 6) is 0.416. The molecule has 2 saturated heterocycles. The van der Waals surface area contributed by atoms with Gasteiger partial charge in [-0.05, 0) is 32.2 Å². The Balaban J connectivity index is 1.58. The van der Waals surface area contributed by atoms with E-state index in [1.807, 2.05) is 4.90 Å². The van der Waals surface area contributed by atoms with Gasteiger partial charge in [-0.1, -0.05) is 12.8 Å². The molecule has 3 rings (SSSR count). The second-order valence-corrected chi connectivity index (χ2v) is 6.69. The van der Waals surface area contributed by atoms with Gasteiger partial charge in [0.2, 0.25) is 5.91 Å². The van der Waals surface area contributed by atoms with Crippen molar-refractivity contribution in [3.63, 3.8) is 0 Å². The molecule has 1 aliphatic carbocycles. The molecule has 120 valence electrons. The van der Waals surface area contributed by atoms with Crippen LogP contribution in [0.5, 0.6) is 0 Å². The van der Waals surface area contributed by atoms with Gasteiger partial charge in [0.05, 0.1) is 25.2 Å². The van der Waals surface area contributed by atoms with E-state index in [-0.39, 0.29) is 18.1 Å². The molecule has 1 amide bonds. The zero-order chi connectivity index (χ0) is 14.7. The molecule has 5 nitrogen and oxygen atoms in total. The topological polar surface area (TPSA) is 53.0 Å². The summed E-state index contributed by atoms with van der Waals surface area (Å²) >= 11 is 0. The van der Waals surface area contributed by atoms with Gasteiger partial charge in [-0.15, -0.1) is 0 Å². The number of likely N-dealkylation sites (tertiary alicyclic amines) is 1. The van der Waals surface area contributed by atoms with Crippen molar-refractivity contribution in [1.29, 1.82) is 0 Å². The average molecular weight is 296 g/mol. The lowest BCUT2D eigenvalue weighted by Crippen LogP contribution is -2.53. The zero-order valence-electron chi connectivity index (χ0n) is 12.9. The first-order valence-corrected chi connectivity index (χ1v) is 8.54. The fourth-order valence-electron chi connectivity index (χ4n) is 4.07. The van der Waals surface area contributed by atoms with Gasteiger partial charge < -0.3 is 14.7 Å². The van der Waals surface area contributed by atoms with Crippen LogP contribution < -0.4 is 0 Å². The monoisotopic (exact) mass is 296 g/mol. The highest BCUT2D eigenvalue weighted by molar-refractivity contribution is 5.79. The molecule has 1 N–H and O–H groups in total. The number of piperidine rings is 1. The van der Waals surface area contributed by atoms with Crippen LogP contribution in [0, 0.1) is 5.92 Å². The Labute approximate surface area is 127 Å². The maximum Gasteiger partial charge on any atom is 0.227 e. The Morgan fingerprint density at radius 3 is 2.52 bits per heavy atom. The van der Waals surface area contributed by atoms with Crippen molar-refractivity contribution < 1.29 is 14.6 Å². The third-order valence-corrected chi connectivity index (χ3v) is 5.29. The van der Waals surface area contributed by atoms with E-state index < -0.39 is 0 Å². The number of ether oxygens (including phenoxy) is 1. The minimum absolute atomic E-state index is 0.117. The van der Waals surface area contributed by atoms with Crippen molar-refractivity contribution in [3.05, 3.63) is 0 Å². The van der Waals surface area contributed by atoms with Gasteiger partial charge in [-0.25, -0.2) is 0 Å². The van der Waals surface area contributed by atoms with E-state index in [1.165, 1.54) is 6.42 Å². The molecule has 2 aliphatic heterocycles. The van der Waals surface area contributed by atoms with Gasteiger partial charge in [0.25, 0.3) is 0 Å². The summed E-state index contributed by atoms with van der Waals surface area (Å²) < 4.78 is 5.33. The van der Waals surface area contributed by atoms with E-state index in [0.717, 1.165) is 58.3 Å². The first-order chi connectivity index (χ1) is 10.3. The highest BCUT2D eigenvalue weighted by Crippen LogP contribution is 2.28. The first-order valence-electron chi connectivity index (χ1n) is 8.54. The van der Waals surface area contributed by atoms with Crippen LogP contribution >= 0.6 is 0 Å². The number of amides is 1. The summed E-state index contributed by atoms with van der Waals surface area (Å²) in [7, 11) is 0. The molecule has 3 fully saturated rings. The SMILES string of the molecule is O=C(C1CCCN(C2CCCCC2O)C1)N1CCOCC1. The maximum absolute atomic E-state index is 12.6. The number of aliphatic hydroxyl groups is 1. The average Bonchev–Trinajstić information content (AvgIpc) is 2.55. The van der Waals surface area contributed by atoms with Crippen LogP contribution in [-0.4, -0.2) is 72.4 Å². The first kappa shape index (κ1) is 15.3. The zero-order valence-corrected chi connectivity index (χ0v) is 12.9. The van der Waals surface area contributed by atoms with Crippen molar-refractivity contribution in [2.45, 2.75) is 50.7 Å². The van der Waals surface area contributed by atoms with Crippen molar-refractivity contribution in [1.82, 2.24) is 9.80 Å². The van der Waals surface area contributed by atoms with Crippen LogP contribution in [-0.2, 0) is 9.53 Å². The number of nitrogens with zero attached hydrogens (tertiary/aromatic N) is 2. The second-order valence-electron chi connectivity index (χ2n) is 6.69. The van der Waals surface area contributed by atoms with Crippen LogP contribution in [0.1, 0.15) is 38.5 Å². The number of carbonyl (C=O) groups excluding carboxylic acids is 1. The van der Waals surface area contributed by atoms with Crippen molar-refractivity contribution in [2.75, 3.05) is 39.4 Å². The van der Waals surface area contributed by atoms with E-state index in [1.54, 1.807) is 0 Å². The molecule has 5 heteroatoms. The number of hydrogen-bond donors (Lipinski definition) is 1. The number of morpholine rings is 1. The van der Waals surface area contributed by atoms with Crippen LogP contribution in [0.15, 0.2) is 0 Å². The molecule has 0 spiro atoms. The number of hydrogen-bond acceptors (Lipinski definition) is 4. The molecule has 21 heavy (non-hydrogen) atoms. The second kappa shape index (κ2) is 7.07. The lowest BCUT2D eigenvalue weighted by Gasteiger charge is -2.42. The largest absolute Gasteiger partial charge is 0.391 e. The molecule has 2 heterocycles. The highest BCUT2D eigenvalue weighted by atomic mass is 16.5. The number of aliphatic hydroxyl groups excluding tert-OH is 1. The summed E-state index contributed by atoms with van der Waals surface area (Å²) in [6.45, 7) is 4.68. The molecule has 3 atom stereocenters. The Morgan fingerprint density at radius 2 is 1.76 bits per heavy atom. The quantitative estimate of drug-likeness (QED) is 0.821. The molecule has 3 unspecified atom stereocenters. The minimum Gasteiger partial charge on any atom is -0.391 e. The third-order valence-electron chi connectivity index (χ3n) is 5.29. The van der Waals surface area contributed by atoms with Gasteiger partial charge in [0.1, 0.15) is 0 Å². The summed E-state index contributed by atoms with van der Waals surface area (Å²) in [5, 5.41) is 10.2. The Hall–Kier alpha value is -0.650. The van der Waals surface area contributed by atoms with Gasteiger partial charge in [0, 0.05) is 25.7 Å². The van der Waals surface area contributed by atoms with E-state index in [9.17, 15) is 9.90 Å². The Morgan fingerprint density at radius 1 is 1.00 bits per heavy atom. The third kappa shape index (κ3) is 3.58. The fraction of sp³-hybridized carbons (Fsp3) is 0.938. The Bertz CT molecular complexity index is 357. The van der Waals surface area contributed by atoms with Crippen LogP contribution in [0.25, 0.3) is 0 Å². The normalized spacial score (nSPS) is 35.7. The van der Waals surface area contributed by atoms with Gasteiger partial charge in [-0.2, -0.15) is 0 Å². The van der Waals surface area contributed by atoms with Crippen LogP contribution in [0.2, 0.25) is 0 Å². The molecule has 0 aromatic heterocycles. The molecule has 0 bridgehead atoms. The van der Waals surface area contributed by atoms with E-state index >= 15 is 0 Å². The van der Waals surface area contributed by atoms with Gasteiger partial charge >= 0.3 is 0 Å². The summed E-state index contributed by atoms with van der Waals surface area (Å²) in [5.41, 5.74) is 0. The molecule has 3 aliphatic rings. The molecule has 0 aromatic rings. The van der Waals surface area contributed by atoms with Crippen molar-refractivity contribution >= 4 is 5.91 Å². The summed E-state index contributed by atoms with van der Waals surface area (Å²) in [6.07, 6.45) is 6.22. The lowest BCUT2D eigenvalue weighted by molar-refractivity contribution is -0.142. The van der Waals surface area contributed by atoms with Gasteiger partial charge in [0.15, 0.2) is 0 Å². The molecule has 1 saturated carbocycles. The number of carbonyl (C=O) groups is 1. The lowest BCUT2D eigenvalue weighted by atomic mass is 9.88. The van der Waals surface area contributed by atoms with Crippen LogP contribution in [0.3, 0.4) is 0 Å².